The Morgan fingerprint density at radius 2 is 1.75 bits per heavy atom. The van der Waals surface area contributed by atoms with Crippen LogP contribution >= 0.6 is 11.3 Å². The summed E-state index contributed by atoms with van der Waals surface area (Å²) in [6.07, 6.45) is 3.63. The van der Waals surface area contributed by atoms with Gasteiger partial charge >= 0.3 is 0 Å². The Morgan fingerprint density at radius 3 is 2.44 bits per heavy atom. The minimum atomic E-state index is -0.424. The molecular weight excluding hydrogens is 476 g/mol. The molecule has 9 nitrogen and oxygen atoms in total. The van der Waals surface area contributed by atoms with Gasteiger partial charge in [-0.2, -0.15) is 10.2 Å². The number of benzene rings is 3. The van der Waals surface area contributed by atoms with E-state index in [2.05, 4.69) is 15.5 Å². The quantitative estimate of drug-likeness (QED) is 0.160. The van der Waals surface area contributed by atoms with Crippen LogP contribution in [0.3, 0.4) is 0 Å². The third kappa shape index (κ3) is 4.98. The number of nitro groups is 1. The van der Waals surface area contributed by atoms with E-state index in [1.165, 1.54) is 23.5 Å². The minimum absolute atomic E-state index is 0.0423. The summed E-state index contributed by atoms with van der Waals surface area (Å²) in [6, 6.07) is 23.8. The fraction of sp³-hybridized carbons (Fsp3) is 0.0385. The number of nitrogens with one attached hydrogen (secondary N) is 1. The predicted octanol–water partition coefficient (Wildman–Crippen LogP) is 6.03. The molecule has 0 aliphatic heterocycles. The van der Waals surface area contributed by atoms with Crippen molar-refractivity contribution in [3.8, 4) is 34.0 Å². The number of methoxy groups -OCH3 is 1. The molecule has 0 saturated heterocycles. The lowest BCUT2D eigenvalue weighted by Crippen LogP contribution is -1.94. The van der Waals surface area contributed by atoms with Gasteiger partial charge in [0.2, 0.25) is 5.13 Å². The van der Waals surface area contributed by atoms with E-state index in [1.807, 2.05) is 70.9 Å². The van der Waals surface area contributed by atoms with Crippen molar-refractivity contribution < 1.29 is 9.66 Å². The number of aromatic nitrogens is 3. The van der Waals surface area contributed by atoms with Crippen LogP contribution in [0.2, 0.25) is 0 Å². The van der Waals surface area contributed by atoms with Crippen molar-refractivity contribution in [1.29, 1.82) is 0 Å². The van der Waals surface area contributed by atoms with Gasteiger partial charge in [0.1, 0.15) is 11.4 Å². The minimum Gasteiger partial charge on any atom is -0.497 e. The molecule has 0 bridgehead atoms. The number of hydrogen-bond donors (Lipinski definition) is 1. The van der Waals surface area contributed by atoms with Gasteiger partial charge in [-0.1, -0.05) is 18.2 Å². The molecule has 2 heterocycles. The van der Waals surface area contributed by atoms with Crippen molar-refractivity contribution in [3.63, 3.8) is 0 Å². The molecule has 0 aliphatic rings. The molecule has 36 heavy (non-hydrogen) atoms. The molecule has 2 aromatic heterocycles. The van der Waals surface area contributed by atoms with Crippen LogP contribution in [-0.4, -0.2) is 33.0 Å². The molecule has 5 aromatic rings. The van der Waals surface area contributed by atoms with Crippen LogP contribution in [-0.2, 0) is 0 Å². The number of anilines is 1. The van der Waals surface area contributed by atoms with Gasteiger partial charge in [0, 0.05) is 40.4 Å². The van der Waals surface area contributed by atoms with Crippen molar-refractivity contribution >= 4 is 28.4 Å². The Kier molecular flexibility index (Phi) is 6.50. The molecule has 10 heteroatoms. The van der Waals surface area contributed by atoms with Gasteiger partial charge in [-0.05, 0) is 48.5 Å². The van der Waals surface area contributed by atoms with Crippen LogP contribution < -0.4 is 10.2 Å². The average molecular weight is 497 g/mol. The fourth-order valence-corrected chi connectivity index (χ4v) is 4.21. The Bertz CT molecular complexity index is 1510. The first-order chi connectivity index (χ1) is 17.6. The van der Waals surface area contributed by atoms with E-state index in [1.54, 1.807) is 25.5 Å². The van der Waals surface area contributed by atoms with Gasteiger partial charge in [-0.25, -0.2) is 9.67 Å². The summed E-state index contributed by atoms with van der Waals surface area (Å²) in [5, 5.41) is 22.5. The molecule has 3 aromatic carbocycles. The number of thiazole rings is 1. The Balaban J connectivity index is 1.38. The number of hydrazone groups is 1. The normalized spacial score (nSPS) is 11.0. The Labute approximate surface area is 210 Å². The van der Waals surface area contributed by atoms with E-state index in [-0.39, 0.29) is 5.69 Å². The molecule has 0 atom stereocenters. The predicted molar refractivity (Wildman–Crippen MR) is 141 cm³/mol. The fourth-order valence-electron chi connectivity index (χ4n) is 3.54. The highest BCUT2D eigenvalue weighted by Gasteiger charge is 2.12. The molecule has 0 amide bonds. The molecule has 0 fully saturated rings. The molecule has 0 radical (unpaired) electrons. The van der Waals surface area contributed by atoms with Crippen molar-refractivity contribution in [1.82, 2.24) is 14.8 Å². The summed E-state index contributed by atoms with van der Waals surface area (Å²) < 4.78 is 7.09. The average Bonchev–Trinajstić information content (AvgIpc) is 3.57. The molecule has 5 rings (SSSR count). The summed E-state index contributed by atoms with van der Waals surface area (Å²) in [6.45, 7) is 0. The standard InChI is InChI=1S/C26H20N6O3S/c1-35-23-13-9-19(10-14-23)25-20(16-31(30-25)21-5-3-2-4-6-21)15-27-29-26-28-24(17-36-26)18-7-11-22(12-8-18)32(33)34/h2-17H,1H3,(H,28,29)/b27-15-. The van der Waals surface area contributed by atoms with E-state index in [9.17, 15) is 10.1 Å². The van der Waals surface area contributed by atoms with Crippen LogP contribution in [0.5, 0.6) is 5.75 Å². The number of hydrogen-bond acceptors (Lipinski definition) is 8. The van der Waals surface area contributed by atoms with Gasteiger partial charge in [0.15, 0.2) is 0 Å². The van der Waals surface area contributed by atoms with Crippen LogP contribution in [0, 0.1) is 10.1 Å². The topological polar surface area (TPSA) is 107 Å². The number of para-hydroxylation sites is 1. The molecule has 0 saturated carbocycles. The summed E-state index contributed by atoms with van der Waals surface area (Å²) in [4.78, 5) is 15.0. The first-order valence-corrected chi connectivity index (χ1v) is 11.8. The number of nitro benzene ring substituents is 1. The van der Waals surface area contributed by atoms with Gasteiger partial charge in [-0.3, -0.25) is 15.5 Å². The molecule has 0 unspecified atom stereocenters. The lowest BCUT2D eigenvalue weighted by molar-refractivity contribution is -0.384. The van der Waals surface area contributed by atoms with Crippen LogP contribution in [0.25, 0.3) is 28.2 Å². The first-order valence-electron chi connectivity index (χ1n) is 10.9. The number of non-ortho nitro benzene ring substituents is 1. The lowest BCUT2D eigenvalue weighted by atomic mass is 10.1. The van der Waals surface area contributed by atoms with E-state index < -0.39 is 4.92 Å². The zero-order valence-electron chi connectivity index (χ0n) is 19.1. The van der Waals surface area contributed by atoms with E-state index in [0.29, 0.717) is 10.8 Å². The summed E-state index contributed by atoms with van der Waals surface area (Å²) in [7, 11) is 1.63. The van der Waals surface area contributed by atoms with Gasteiger partial charge in [-0.15, -0.1) is 11.3 Å². The monoisotopic (exact) mass is 496 g/mol. The van der Waals surface area contributed by atoms with Gasteiger partial charge in [0.05, 0.1) is 29.6 Å². The third-order valence-electron chi connectivity index (χ3n) is 5.37. The highest BCUT2D eigenvalue weighted by molar-refractivity contribution is 7.14. The smallest absolute Gasteiger partial charge is 0.269 e. The SMILES string of the molecule is COc1ccc(-c2nn(-c3ccccc3)cc2/C=N\Nc2nc(-c3ccc([N+](=O)[O-])cc3)cs2)cc1. The summed E-state index contributed by atoms with van der Waals surface area (Å²) >= 11 is 1.39. The molecule has 178 valence electrons. The van der Waals surface area contributed by atoms with Gasteiger partial charge in [0.25, 0.3) is 5.69 Å². The number of rotatable bonds is 8. The van der Waals surface area contributed by atoms with Crippen LogP contribution in [0.1, 0.15) is 5.56 Å². The van der Waals surface area contributed by atoms with Crippen molar-refractivity contribution in [2.24, 2.45) is 5.10 Å². The van der Waals surface area contributed by atoms with E-state index in [0.717, 1.165) is 33.8 Å². The second-order valence-electron chi connectivity index (χ2n) is 7.65. The first kappa shape index (κ1) is 22.9. The summed E-state index contributed by atoms with van der Waals surface area (Å²) in [5.74, 6) is 0.769. The Morgan fingerprint density at radius 1 is 1.03 bits per heavy atom. The molecule has 1 N–H and O–H groups in total. The molecule has 0 spiro atoms. The molecule has 0 aliphatic carbocycles. The Hall–Kier alpha value is -4.83. The number of ether oxygens (including phenoxy) is 1. The maximum absolute atomic E-state index is 10.9. The molecular formula is C26H20N6O3S. The van der Waals surface area contributed by atoms with E-state index in [4.69, 9.17) is 9.84 Å². The zero-order valence-corrected chi connectivity index (χ0v) is 19.9. The van der Waals surface area contributed by atoms with E-state index >= 15 is 0 Å². The summed E-state index contributed by atoms with van der Waals surface area (Å²) in [5.41, 5.74) is 7.98. The highest BCUT2D eigenvalue weighted by Crippen LogP contribution is 2.27. The number of nitrogens with zero attached hydrogens (tertiary/aromatic N) is 5. The van der Waals surface area contributed by atoms with Crippen LogP contribution in [0.15, 0.2) is 95.5 Å². The van der Waals surface area contributed by atoms with Crippen LogP contribution in [0.4, 0.5) is 10.8 Å². The van der Waals surface area contributed by atoms with Crippen molar-refractivity contribution in [2.45, 2.75) is 0 Å². The highest BCUT2D eigenvalue weighted by atomic mass is 32.1. The second kappa shape index (κ2) is 10.2. The zero-order chi connectivity index (χ0) is 24.9. The maximum atomic E-state index is 10.9. The van der Waals surface area contributed by atoms with Crippen molar-refractivity contribution in [3.05, 3.63) is 106 Å². The van der Waals surface area contributed by atoms with Gasteiger partial charge < -0.3 is 4.74 Å². The van der Waals surface area contributed by atoms with Crippen molar-refractivity contribution in [2.75, 3.05) is 12.5 Å². The second-order valence-corrected chi connectivity index (χ2v) is 8.51. The largest absolute Gasteiger partial charge is 0.497 e. The lowest BCUT2D eigenvalue weighted by Gasteiger charge is -2.02. The maximum Gasteiger partial charge on any atom is 0.269 e. The third-order valence-corrected chi connectivity index (χ3v) is 6.12.